The van der Waals surface area contributed by atoms with E-state index in [1.165, 1.54) is 6.42 Å². The monoisotopic (exact) mass is 304 g/mol. The van der Waals surface area contributed by atoms with Gasteiger partial charge >= 0.3 is 0 Å². The van der Waals surface area contributed by atoms with Gasteiger partial charge in [0, 0.05) is 18.8 Å². The number of piperidine rings is 1. The number of halogens is 1. The molecule has 2 aromatic rings. The summed E-state index contributed by atoms with van der Waals surface area (Å²) in [6.45, 7) is 3.80. The fraction of sp³-hybridized carbons (Fsp3) is 0.400. The van der Waals surface area contributed by atoms with Crippen LogP contribution in [0.3, 0.4) is 0 Å². The zero-order valence-electron chi connectivity index (χ0n) is 11.9. The second-order valence-corrected chi connectivity index (χ2v) is 5.94. The number of aromatic nitrogens is 3. The third kappa shape index (κ3) is 2.93. The van der Waals surface area contributed by atoms with Gasteiger partial charge < -0.3 is 4.90 Å². The molecule has 6 heteroatoms. The Bertz CT molecular complexity index is 641. The first-order valence-corrected chi connectivity index (χ1v) is 7.47. The molecule has 3 rings (SSSR count). The number of hydrogen-bond acceptors (Lipinski definition) is 3. The maximum Gasteiger partial charge on any atom is 0.255 e. The first-order chi connectivity index (χ1) is 10.1. The van der Waals surface area contributed by atoms with Crippen molar-refractivity contribution in [2.24, 2.45) is 5.92 Å². The topological polar surface area (TPSA) is 51.0 Å². The smallest absolute Gasteiger partial charge is 0.255 e. The van der Waals surface area contributed by atoms with Crippen molar-refractivity contribution in [2.45, 2.75) is 19.8 Å². The Morgan fingerprint density at radius 2 is 2.10 bits per heavy atom. The van der Waals surface area contributed by atoms with Gasteiger partial charge in [-0.05, 0) is 37.0 Å². The third-order valence-electron chi connectivity index (χ3n) is 3.84. The molecule has 0 radical (unpaired) electrons. The van der Waals surface area contributed by atoms with Gasteiger partial charge in [-0.3, -0.25) is 9.36 Å². The standard InChI is InChI=1S/C15H17ClN4O/c1-11-3-2-6-19(8-11)15(21)13-5-4-12(7-14(13)16)20-9-17-18-10-20/h4-5,7,9-11H,2-3,6,8H2,1H3/t11-/m1/s1. The predicted molar refractivity (Wildman–Crippen MR) is 80.7 cm³/mol. The van der Waals surface area contributed by atoms with Crippen molar-refractivity contribution in [3.8, 4) is 5.69 Å². The average Bonchev–Trinajstić information content (AvgIpc) is 3.00. The van der Waals surface area contributed by atoms with Gasteiger partial charge in [0.25, 0.3) is 5.91 Å². The Kier molecular flexibility index (Phi) is 3.92. The normalized spacial score (nSPS) is 18.8. The maximum absolute atomic E-state index is 12.6. The molecule has 1 aromatic carbocycles. The van der Waals surface area contributed by atoms with Gasteiger partial charge in [-0.1, -0.05) is 18.5 Å². The molecule has 0 unspecified atom stereocenters. The number of likely N-dealkylation sites (tertiary alicyclic amines) is 1. The molecule has 0 bridgehead atoms. The maximum atomic E-state index is 12.6. The Hall–Kier alpha value is -1.88. The molecule has 0 N–H and O–H groups in total. The minimum absolute atomic E-state index is 0.0156. The quantitative estimate of drug-likeness (QED) is 0.857. The second kappa shape index (κ2) is 5.85. The van der Waals surface area contributed by atoms with Gasteiger partial charge in [-0.2, -0.15) is 0 Å². The SMILES string of the molecule is C[C@@H]1CCCN(C(=O)c2ccc(-n3cnnc3)cc2Cl)C1. The Balaban J connectivity index is 1.84. The number of benzene rings is 1. The molecule has 1 aliphatic rings. The number of hydrogen-bond donors (Lipinski definition) is 0. The van der Waals surface area contributed by atoms with E-state index in [2.05, 4.69) is 17.1 Å². The van der Waals surface area contributed by atoms with E-state index in [4.69, 9.17) is 11.6 Å². The van der Waals surface area contributed by atoms with Gasteiger partial charge in [-0.25, -0.2) is 0 Å². The van der Waals surface area contributed by atoms with Crippen LogP contribution < -0.4 is 0 Å². The van der Waals surface area contributed by atoms with Crippen molar-refractivity contribution < 1.29 is 4.79 Å². The predicted octanol–water partition coefficient (Wildman–Crippen LogP) is 2.79. The summed E-state index contributed by atoms with van der Waals surface area (Å²) in [5, 5.41) is 7.99. The molecule has 1 amide bonds. The summed E-state index contributed by atoms with van der Waals surface area (Å²) in [7, 11) is 0. The van der Waals surface area contributed by atoms with Crippen LogP contribution in [0, 0.1) is 5.92 Å². The van der Waals surface area contributed by atoms with E-state index in [-0.39, 0.29) is 5.91 Å². The van der Waals surface area contributed by atoms with Crippen LogP contribution in [0.5, 0.6) is 0 Å². The molecule has 21 heavy (non-hydrogen) atoms. The zero-order chi connectivity index (χ0) is 14.8. The highest BCUT2D eigenvalue weighted by atomic mass is 35.5. The number of rotatable bonds is 2. The summed E-state index contributed by atoms with van der Waals surface area (Å²) >= 11 is 6.30. The minimum Gasteiger partial charge on any atom is -0.338 e. The number of nitrogens with zero attached hydrogens (tertiary/aromatic N) is 4. The third-order valence-corrected chi connectivity index (χ3v) is 4.16. The molecular weight excluding hydrogens is 288 g/mol. The van der Waals surface area contributed by atoms with Crippen LogP contribution in [-0.2, 0) is 0 Å². The molecule has 1 atom stereocenters. The minimum atomic E-state index is 0.0156. The van der Waals surface area contributed by atoms with Crippen LogP contribution in [0.4, 0.5) is 0 Å². The lowest BCUT2D eigenvalue weighted by Crippen LogP contribution is -2.39. The van der Waals surface area contributed by atoms with E-state index < -0.39 is 0 Å². The van der Waals surface area contributed by atoms with Crippen molar-refractivity contribution in [3.63, 3.8) is 0 Å². The van der Waals surface area contributed by atoms with Crippen molar-refractivity contribution >= 4 is 17.5 Å². The van der Waals surface area contributed by atoms with Gasteiger partial charge in [0.2, 0.25) is 0 Å². The zero-order valence-corrected chi connectivity index (χ0v) is 12.6. The van der Waals surface area contributed by atoms with Crippen LogP contribution in [0.15, 0.2) is 30.9 Å². The molecular formula is C15H17ClN4O. The van der Waals surface area contributed by atoms with Gasteiger partial charge in [0.05, 0.1) is 10.6 Å². The lowest BCUT2D eigenvalue weighted by molar-refractivity contribution is 0.0683. The van der Waals surface area contributed by atoms with Crippen molar-refractivity contribution in [1.82, 2.24) is 19.7 Å². The van der Waals surface area contributed by atoms with Crippen LogP contribution in [0.2, 0.25) is 5.02 Å². The van der Waals surface area contributed by atoms with E-state index in [1.54, 1.807) is 29.4 Å². The molecule has 1 aliphatic heterocycles. The molecule has 0 saturated carbocycles. The second-order valence-electron chi connectivity index (χ2n) is 5.53. The average molecular weight is 305 g/mol. The fourth-order valence-corrected chi connectivity index (χ4v) is 2.97. The van der Waals surface area contributed by atoms with Crippen LogP contribution in [0.1, 0.15) is 30.1 Å². The van der Waals surface area contributed by atoms with Gasteiger partial charge in [-0.15, -0.1) is 10.2 Å². The highest BCUT2D eigenvalue weighted by Gasteiger charge is 2.23. The molecule has 1 aromatic heterocycles. The van der Waals surface area contributed by atoms with E-state index in [1.807, 2.05) is 11.0 Å². The summed E-state index contributed by atoms with van der Waals surface area (Å²) in [5.41, 5.74) is 1.40. The Labute approximate surface area is 128 Å². The van der Waals surface area contributed by atoms with E-state index >= 15 is 0 Å². The lowest BCUT2D eigenvalue weighted by Gasteiger charge is -2.31. The molecule has 0 spiro atoms. The van der Waals surface area contributed by atoms with E-state index in [9.17, 15) is 4.79 Å². The van der Waals surface area contributed by atoms with E-state index in [0.29, 0.717) is 16.5 Å². The van der Waals surface area contributed by atoms with Crippen molar-refractivity contribution in [2.75, 3.05) is 13.1 Å². The van der Waals surface area contributed by atoms with Crippen LogP contribution >= 0.6 is 11.6 Å². The van der Waals surface area contributed by atoms with Gasteiger partial charge in [0.15, 0.2) is 0 Å². The molecule has 2 heterocycles. The molecule has 1 fully saturated rings. The lowest BCUT2D eigenvalue weighted by atomic mass is 9.99. The summed E-state index contributed by atoms with van der Waals surface area (Å²) in [6, 6.07) is 5.40. The fourth-order valence-electron chi connectivity index (χ4n) is 2.72. The molecule has 1 saturated heterocycles. The molecule has 110 valence electrons. The Morgan fingerprint density at radius 1 is 1.33 bits per heavy atom. The first kappa shape index (κ1) is 14.1. The molecule has 0 aliphatic carbocycles. The first-order valence-electron chi connectivity index (χ1n) is 7.09. The van der Waals surface area contributed by atoms with Crippen LogP contribution in [0.25, 0.3) is 5.69 Å². The number of amides is 1. The molecule has 5 nitrogen and oxygen atoms in total. The summed E-state index contributed by atoms with van der Waals surface area (Å²) in [4.78, 5) is 14.5. The highest BCUT2D eigenvalue weighted by Crippen LogP contribution is 2.24. The van der Waals surface area contributed by atoms with Crippen molar-refractivity contribution in [3.05, 3.63) is 41.4 Å². The van der Waals surface area contributed by atoms with E-state index in [0.717, 1.165) is 25.2 Å². The van der Waals surface area contributed by atoms with Crippen LogP contribution in [-0.4, -0.2) is 38.7 Å². The number of carbonyl (C=O) groups is 1. The summed E-state index contributed by atoms with van der Waals surface area (Å²) in [6.07, 6.45) is 5.44. The van der Waals surface area contributed by atoms with Gasteiger partial charge in [0.1, 0.15) is 12.7 Å². The summed E-state index contributed by atoms with van der Waals surface area (Å²) in [5.74, 6) is 0.569. The Morgan fingerprint density at radius 3 is 2.76 bits per heavy atom. The highest BCUT2D eigenvalue weighted by molar-refractivity contribution is 6.34. The largest absolute Gasteiger partial charge is 0.338 e. The van der Waals surface area contributed by atoms with Crippen molar-refractivity contribution in [1.29, 1.82) is 0 Å². The summed E-state index contributed by atoms with van der Waals surface area (Å²) < 4.78 is 1.75. The number of carbonyl (C=O) groups excluding carboxylic acids is 1.